The van der Waals surface area contributed by atoms with E-state index in [0.717, 1.165) is 25.8 Å². The minimum absolute atomic E-state index is 0.144. The fourth-order valence-electron chi connectivity index (χ4n) is 1.49. The number of hydrogen-bond donors (Lipinski definition) is 3. The molecule has 0 saturated heterocycles. The van der Waals surface area contributed by atoms with Crippen molar-refractivity contribution in [2.24, 2.45) is 0 Å². The number of benzene rings is 1. The fourth-order valence-corrected chi connectivity index (χ4v) is 1.83. The second-order valence-electron chi connectivity index (χ2n) is 4.36. The lowest BCUT2D eigenvalue weighted by atomic mass is 10.2. The largest absolute Gasteiger partial charge is 0.482 e. The van der Waals surface area contributed by atoms with Crippen LogP contribution in [0.15, 0.2) is 24.3 Å². The van der Waals surface area contributed by atoms with Crippen LogP contribution in [0.3, 0.4) is 0 Å². The molecule has 1 rings (SSSR count). The number of para-hydroxylation sites is 1. The van der Waals surface area contributed by atoms with E-state index in [1.165, 1.54) is 0 Å². The molecule has 0 radical (unpaired) electrons. The quantitative estimate of drug-likeness (QED) is 0.407. The van der Waals surface area contributed by atoms with Crippen molar-refractivity contribution in [1.29, 1.82) is 0 Å². The number of nitrogens with one attached hydrogen (secondary N) is 3. The SMILES string of the molecule is CCCCCNC(=S)NNC(=O)COc1ccccc1Cl. The van der Waals surface area contributed by atoms with Crippen LogP contribution in [-0.4, -0.2) is 24.2 Å². The Kier molecular flexibility index (Phi) is 8.54. The molecule has 5 nitrogen and oxygen atoms in total. The maximum absolute atomic E-state index is 11.6. The fraction of sp³-hybridized carbons (Fsp3) is 0.429. The standard InChI is InChI=1S/C14H20ClN3O2S/c1-2-3-6-9-16-14(21)18-17-13(19)10-20-12-8-5-4-7-11(12)15/h4-5,7-8H,2-3,6,9-10H2,1H3,(H,17,19)(H2,16,18,21). The summed E-state index contributed by atoms with van der Waals surface area (Å²) >= 11 is 10.9. The van der Waals surface area contributed by atoms with E-state index in [-0.39, 0.29) is 12.5 Å². The third kappa shape index (κ3) is 7.72. The van der Waals surface area contributed by atoms with Gasteiger partial charge in [-0.15, -0.1) is 0 Å². The van der Waals surface area contributed by atoms with Gasteiger partial charge >= 0.3 is 0 Å². The zero-order valence-corrected chi connectivity index (χ0v) is 13.5. The van der Waals surface area contributed by atoms with E-state index in [1.807, 2.05) is 0 Å². The summed E-state index contributed by atoms with van der Waals surface area (Å²) in [5.41, 5.74) is 5.07. The number of carbonyl (C=O) groups is 1. The zero-order valence-electron chi connectivity index (χ0n) is 11.9. The molecule has 21 heavy (non-hydrogen) atoms. The van der Waals surface area contributed by atoms with Gasteiger partial charge < -0.3 is 10.1 Å². The van der Waals surface area contributed by atoms with Crippen molar-refractivity contribution >= 4 is 34.8 Å². The third-order valence-corrected chi connectivity index (χ3v) is 3.14. The van der Waals surface area contributed by atoms with Gasteiger partial charge in [0, 0.05) is 6.54 Å². The van der Waals surface area contributed by atoms with Crippen molar-refractivity contribution in [3.63, 3.8) is 0 Å². The van der Waals surface area contributed by atoms with Crippen LogP contribution in [0.5, 0.6) is 5.75 Å². The molecule has 3 N–H and O–H groups in total. The van der Waals surface area contributed by atoms with Crippen molar-refractivity contribution in [1.82, 2.24) is 16.2 Å². The number of thiocarbonyl (C=S) groups is 1. The summed E-state index contributed by atoms with van der Waals surface area (Å²) in [6.07, 6.45) is 3.34. The van der Waals surface area contributed by atoms with Gasteiger partial charge in [0.1, 0.15) is 5.75 Å². The van der Waals surface area contributed by atoms with Crippen molar-refractivity contribution in [2.75, 3.05) is 13.2 Å². The average molecular weight is 330 g/mol. The number of carbonyl (C=O) groups excluding carboxylic acids is 1. The van der Waals surface area contributed by atoms with E-state index < -0.39 is 0 Å². The molecule has 7 heteroatoms. The van der Waals surface area contributed by atoms with Gasteiger partial charge in [-0.3, -0.25) is 15.6 Å². The predicted octanol–water partition coefficient (Wildman–Crippen LogP) is 2.40. The van der Waals surface area contributed by atoms with E-state index in [2.05, 4.69) is 23.1 Å². The molecule has 0 aliphatic carbocycles. The molecule has 116 valence electrons. The Balaban J connectivity index is 2.16. The molecule has 0 bridgehead atoms. The van der Waals surface area contributed by atoms with E-state index in [4.69, 9.17) is 28.6 Å². The second-order valence-corrected chi connectivity index (χ2v) is 5.17. The van der Waals surface area contributed by atoms with Gasteiger partial charge in [0.25, 0.3) is 5.91 Å². The maximum Gasteiger partial charge on any atom is 0.276 e. The van der Waals surface area contributed by atoms with E-state index in [1.54, 1.807) is 24.3 Å². The van der Waals surface area contributed by atoms with E-state index in [9.17, 15) is 4.79 Å². The molecule has 1 amide bonds. The molecule has 1 aromatic carbocycles. The highest BCUT2D eigenvalue weighted by atomic mass is 35.5. The first-order chi connectivity index (χ1) is 10.1. The lowest BCUT2D eigenvalue weighted by Gasteiger charge is -2.12. The summed E-state index contributed by atoms with van der Waals surface area (Å²) in [5, 5.41) is 3.85. The first kappa shape index (κ1) is 17.5. The smallest absolute Gasteiger partial charge is 0.276 e. The number of ether oxygens (including phenoxy) is 1. The molecule has 1 aromatic rings. The number of rotatable bonds is 7. The Bertz CT molecular complexity index is 471. The molecule has 0 saturated carbocycles. The number of unbranched alkanes of at least 4 members (excludes halogenated alkanes) is 2. The van der Waals surface area contributed by atoms with Crippen LogP contribution < -0.4 is 20.9 Å². The summed E-state index contributed by atoms with van der Waals surface area (Å²) in [5.74, 6) is 0.127. The predicted molar refractivity (Wildman–Crippen MR) is 88.4 cm³/mol. The lowest BCUT2D eigenvalue weighted by Crippen LogP contribution is -2.48. The van der Waals surface area contributed by atoms with Crippen molar-refractivity contribution in [3.8, 4) is 5.75 Å². The Morgan fingerprint density at radius 1 is 1.29 bits per heavy atom. The van der Waals surface area contributed by atoms with Gasteiger partial charge in [0.2, 0.25) is 0 Å². The van der Waals surface area contributed by atoms with Gasteiger partial charge in [-0.05, 0) is 30.8 Å². The van der Waals surface area contributed by atoms with Crippen LogP contribution in [-0.2, 0) is 4.79 Å². The Morgan fingerprint density at radius 2 is 2.05 bits per heavy atom. The van der Waals surface area contributed by atoms with E-state index >= 15 is 0 Å². The highest BCUT2D eigenvalue weighted by Crippen LogP contribution is 2.22. The van der Waals surface area contributed by atoms with Gasteiger partial charge in [0.15, 0.2) is 11.7 Å². The van der Waals surface area contributed by atoms with Crippen LogP contribution in [0, 0.1) is 0 Å². The van der Waals surface area contributed by atoms with Crippen molar-refractivity contribution < 1.29 is 9.53 Å². The Hall–Kier alpha value is -1.53. The maximum atomic E-state index is 11.6. The number of amides is 1. The minimum atomic E-state index is -0.340. The molecule has 0 aromatic heterocycles. The molecular formula is C14H20ClN3O2S. The number of halogens is 1. The van der Waals surface area contributed by atoms with Crippen LogP contribution >= 0.6 is 23.8 Å². The first-order valence-electron chi connectivity index (χ1n) is 6.83. The first-order valence-corrected chi connectivity index (χ1v) is 7.62. The number of hydrazine groups is 1. The molecule has 0 unspecified atom stereocenters. The highest BCUT2D eigenvalue weighted by Gasteiger charge is 2.05. The van der Waals surface area contributed by atoms with E-state index in [0.29, 0.717) is 15.9 Å². The minimum Gasteiger partial charge on any atom is -0.482 e. The van der Waals surface area contributed by atoms with Crippen LogP contribution in [0.25, 0.3) is 0 Å². The average Bonchev–Trinajstić information content (AvgIpc) is 2.48. The molecule has 0 spiro atoms. The second kappa shape index (κ2) is 10.2. The summed E-state index contributed by atoms with van der Waals surface area (Å²) in [6, 6.07) is 6.97. The summed E-state index contributed by atoms with van der Waals surface area (Å²) in [6.45, 7) is 2.77. The lowest BCUT2D eigenvalue weighted by molar-refractivity contribution is -0.123. The Labute approximate surface area is 135 Å². The summed E-state index contributed by atoms with van der Waals surface area (Å²) in [7, 11) is 0. The monoisotopic (exact) mass is 329 g/mol. The molecular weight excluding hydrogens is 310 g/mol. The zero-order chi connectivity index (χ0) is 15.5. The Morgan fingerprint density at radius 3 is 2.76 bits per heavy atom. The highest BCUT2D eigenvalue weighted by molar-refractivity contribution is 7.80. The molecule has 0 heterocycles. The topological polar surface area (TPSA) is 62.4 Å². The molecule has 0 aliphatic heterocycles. The number of hydrogen-bond acceptors (Lipinski definition) is 3. The van der Waals surface area contributed by atoms with Crippen molar-refractivity contribution in [3.05, 3.63) is 29.3 Å². The third-order valence-electron chi connectivity index (χ3n) is 2.58. The molecule has 0 fully saturated rings. The molecule has 0 aliphatic rings. The van der Waals surface area contributed by atoms with Gasteiger partial charge in [-0.1, -0.05) is 43.5 Å². The van der Waals surface area contributed by atoms with Crippen LogP contribution in [0.2, 0.25) is 5.02 Å². The summed E-state index contributed by atoms with van der Waals surface area (Å²) < 4.78 is 5.30. The van der Waals surface area contributed by atoms with Crippen molar-refractivity contribution in [2.45, 2.75) is 26.2 Å². The van der Waals surface area contributed by atoms with Crippen LogP contribution in [0.4, 0.5) is 0 Å². The summed E-state index contributed by atoms with van der Waals surface area (Å²) in [4.78, 5) is 11.6. The van der Waals surface area contributed by atoms with Gasteiger partial charge in [-0.25, -0.2) is 0 Å². The normalized spacial score (nSPS) is 9.81. The molecule has 0 atom stereocenters. The van der Waals surface area contributed by atoms with Gasteiger partial charge in [-0.2, -0.15) is 0 Å². The van der Waals surface area contributed by atoms with Crippen LogP contribution in [0.1, 0.15) is 26.2 Å². The van der Waals surface area contributed by atoms with Gasteiger partial charge in [0.05, 0.1) is 5.02 Å².